The van der Waals surface area contributed by atoms with Crippen LogP contribution in [0.4, 0.5) is 5.69 Å². The molecular weight excluding hydrogens is 336 g/mol. The van der Waals surface area contributed by atoms with Crippen LogP contribution in [0.3, 0.4) is 0 Å². The van der Waals surface area contributed by atoms with Gasteiger partial charge in [-0.25, -0.2) is 4.98 Å². The second-order valence-electron chi connectivity index (χ2n) is 8.24. The lowest BCUT2D eigenvalue weighted by Crippen LogP contribution is -2.22. The van der Waals surface area contributed by atoms with Gasteiger partial charge in [0.15, 0.2) is 0 Å². The first-order valence-electron chi connectivity index (χ1n) is 10.1. The first-order chi connectivity index (χ1) is 13.0. The molecule has 27 heavy (non-hydrogen) atoms. The van der Waals surface area contributed by atoms with E-state index in [1.54, 1.807) is 6.07 Å². The minimum Gasteiger partial charge on any atom is -0.371 e. The Hall–Kier alpha value is -2.14. The van der Waals surface area contributed by atoms with Crippen molar-refractivity contribution >= 4 is 5.69 Å². The summed E-state index contributed by atoms with van der Waals surface area (Å²) in [5.74, 6) is 1.07. The zero-order valence-electron chi connectivity index (χ0n) is 16.7. The van der Waals surface area contributed by atoms with E-state index < -0.39 is 0 Å². The van der Waals surface area contributed by atoms with Gasteiger partial charge >= 0.3 is 0 Å². The molecule has 4 rings (SSSR count). The van der Waals surface area contributed by atoms with Gasteiger partial charge in [0.25, 0.3) is 5.56 Å². The number of nitrogens with one attached hydrogen (secondary N) is 1. The van der Waals surface area contributed by atoms with Crippen LogP contribution in [0.2, 0.25) is 0 Å². The van der Waals surface area contributed by atoms with Crippen molar-refractivity contribution in [2.45, 2.75) is 52.5 Å². The lowest BCUT2D eigenvalue weighted by molar-refractivity contribution is 0.325. The molecule has 1 aromatic carbocycles. The summed E-state index contributed by atoms with van der Waals surface area (Å²) in [5.41, 5.74) is 6.51. The maximum atomic E-state index is 11.8. The third kappa shape index (κ3) is 3.93. The highest BCUT2D eigenvalue weighted by atomic mass is 16.1. The monoisotopic (exact) mass is 366 g/mol. The average molecular weight is 367 g/mol. The molecule has 2 aromatic rings. The van der Waals surface area contributed by atoms with Crippen LogP contribution in [0.15, 0.2) is 23.0 Å². The Labute approximate surface area is 161 Å². The number of aryl methyl sites for hydroxylation is 3. The lowest BCUT2D eigenvalue weighted by atomic mass is 10.0. The number of hydrogen-bond donors (Lipinski definition) is 1. The lowest BCUT2D eigenvalue weighted by Gasteiger charge is -2.24. The van der Waals surface area contributed by atoms with Crippen LogP contribution in [0.5, 0.6) is 0 Å². The Morgan fingerprint density at radius 2 is 1.85 bits per heavy atom. The molecule has 3 heterocycles. The molecule has 0 amide bonds. The van der Waals surface area contributed by atoms with Gasteiger partial charge in [-0.15, -0.1) is 0 Å². The summed E-state index contributed by atoms with van der Waals surface area (Å²) in [6.07, 6.45) is 3.69. The van der Waals surface area contributed by atoms with E-state index in [4.69, 9.17) is 0 Å². The molecule has 0 saturated carbocycles. The minimum atomic E-state index is -0.0417. The highest BCUT2D eigenvalue weighted by molar-refractivity contribution is 5.57. The van der Waals surface area contributed by atoms with Crippen molar-refractivity contribution in [3.05, 3.63) is 56.8 Å². The zero-order chi connectivity index (χ0) is 19.0. The van der Waals surface area contributed by atoms with Gasteiger partial charge in [0.05, 0.1) is 5.69 Å². The predicted molar refractivity (Wildman–Crippen MR) is 110 cm³/mol. The summed E-state index contributed by atoms with van der Waals surface area (Å²) in [7, 11) is 0. The van der Waals surface area contributed by atoms with Crippen LogP contribution in [-0.4, -0.2) is 41.0 Å². The second-order valence-corrected chi connectivity index (χ2v) is 8.24. The summed E-state index contributed by atoms with van der Waals surface area (Å²) in [4.78, 5) is 24.1. The quantitative estimate of drug-likeness (QED) is 0.902. The topological polar surface area (TPSA) is 52.2 Å². The molecule has 1 aromatic heterocycles. The van der Waals surface area contributed by atoms with Gasteiger partial charge in [0.2, 0.25) is 0 Å². The van der Waals surface area contributed by atoms with E-state index in [2.05, 4.69) is 45.7 Å². The Bertz CT molecular complexity index is 882. The molecule has 0 spiro atoms. The molecule has 5 nitrogen and oxygen atoms in total. The van der Waals surface area contributed by atoms with Gasteiger partial charge in [-0.05, 0) is 69.3 Å². The van der Waals surface area contributed by atoms with Crippen LogP contribution in [-0.2, 0) is 6.54 Å². The van der Waals surface area contributed by atoms with E-state index in [1.807, 2.05) is 6.92 Å². The van der Waals surface area contributed by atoms with Crippen molar-refractivity contribution < 1.29 is 0 Å². The number of aromatic nitrogens is 2. The highest BCUT2D eigenvalue weighted by Gasteiger charge is 2.26. The Kier molecular flexibility index (Phi) is 5.04. The van der Waals surface area contributed by atoms with Crippen molar-refractivity contribution in [3.8, 4) is 0 Å². The molecule has 1 unspecified atom stereocenters. The number of aromatic amines is 1. The number of benzene rings is 1. The van der Waals surface area contributed by atoms with Crippen molar-refractivity contribution in [2.75, 3.05) is 31.1 Å². The molecule has 0 aliphatic carbocycles. The molecular formula is C22H30N4O. The molecule has 0 radical (unpaired) electrons. The first kappa shape index (κ1) is 18.2. The van der Waals surface area contributed by atoms with Gasteiger partial charge in [0, 0.05) is 43.9 Å². The second kappa shape index (κ2) is 7.47. The summed E-state index contributed by atoms with van der Waals surface area (Å²) in [6, 6.07) is 6.43. The Balaban J connectivity index is 1.47. The molecule has 0 bridgehead atoms. The minimum absolute atomic E-state index is 0.0417. The number of hydrogen-bond acceptors (Lipinski definition) is 4. The Morgan fingerprint density at radius 3 is 2.59 bits per heavy atom. The molecule has 2 aliphatic heterocycles. The molecule has 2 saturated heterocycles. The molecule has 144 valence electrons. The molecule has 5 heteroatoms. The molecule has 1 N–H and O–H groups in total. The van der Waals surface area contributed by atoms with Crippen molar-refractivity contribution in [2.24, 2.45) is 0 Å². The van der Waals surface area contributed by atoms with Gasteiger partial charge in [0.1, 0.15) is 5.82 Å². The largest absolute Gasteiger partial charge is 0.371 e. The van der Waals surface area contributed by atoms with Crippen LogP contribution >= 0.6 is 0 Å². The number of rotatable bonds is 4. The third-order valence-corrected chi connectivity index (χ3v) is 6.07. The summed E-state index contributed by atoms with van der Waals surface area (Å²) >= 11 is 0. The maximum Gasteiger partial charge on any atom is 0.251 e. The van der Waals surface area contributed by atoms with Crippen molar-refractivity contribution in [3.63, 3.8) is 0 Å². The van der Waals surface area contributed by atoms with E-state index >= 15 is 0 Å². The Morgan fingerprint density at radius 1 is 1.07 bits per heavy atom. The van der Waals surface area contributed by atoms with E-state index in [0.717, 1.165) is 31.7 Å². The fraction of sp³-hybridized carbons (Fsp3) is 0.545. The normalized spacial score (nSPS) is 20.6. The summed E-state index contributed by atoms with van der Waals surface area (Å²) < 4.78 is 0. The predicted octanol–water partition coefficient (Wildman–Crippen LogP) is 3.28. The first-order valence-corrected chi connectivity index (χ1v) is 10.1. The average Bonchev–Trinajstić information content (AvgIpc) is 3.29. The van der Waals surface area contributed by atoms with Crippen LogP contribution in [0, 0.1) is 20.8 Å². The maximum absolute atomic E-state index is 11.8. The van der Waals surface area contributed by atoms with Gasteiger partial charge in [-0.2, -0.15) is 0 Å². The fourth-order valence-electron chi connectivity index (χ4n) is 4.60. The standard InChI is InChI=1S/C22H30N4O/c1-15-11-21(26-7-4-5-8-26)16(2)10-19(15)14-25-9-6-18(13-25)20-12-22(27)24-17(3)23-20/h10-12,18H,4-9,13-14H2,1-3H3,(H,23,24,27). The van der Waals surface area contributed by atoms with Crippen LogP contribution in [0.1, 0.15) is 53.4 Å². The van der Waals surface area contributed by atoms with Crippen molar-refractivity contribution in [1.82, 2.24) is 14.9 Å². The molecule has 1 atom stereocenters. The smallest absolute Gasteiger partial charge is 0.251 e. The zero-order valence-corrected chi connectivity index (χ0v) is 16.7. The number of H-pyrrole nitrogens is 1. The van der Waals surface area contributed by atoms with Crippen molar-refractivity contribution in [1.29, 1.82) is 0 Å². The van der Waals surface area contributed by atoms with E-state index in [-0.39, 0.29) is 5.56 Å². The van der Waals surface area contributed by atoms with Gasteiger partial charge < -0.3 is 9.88 Å². The molecule has 2 aliphatic rings. The SMILES string of the molecule is Cc1nc(C2CCN(Cc3cc(C)c(N4CCCC4)cc3C)C2)cc(=O)[nH]1. The van der Waals surface area contributed by atoms with E-state index in [9.17, 15) is 4.79 Å². The van der Waals surface area contributed by atoms with E-state index in [1.165, 1.54) is 48.3 Å². The van der Waals surface area contributed by atoms with Crippen LogP contribution in [0.25, 0.3) is 0 Å². The molecule has 2 fully saturated rings. The van der Waals surface area contributed by atoms with Crippen LogP contribution < -0.4 is 10.5 Å². The highest BCUT2D eigenvalue weighted by Crippen LogP contribution is 2.30. The fourth-order valence-corrected chi connectivity index (χ4v) is 4.60. The van der Waals surface area contributed by atoms with Gasteiger partial charge in [-0.3, -0.25) is 9.69 Å². The third-order valence-electron chi connectivity index (χ3n) is 6.07. The summed E-state index contributed by atoms with van der Waals surface area (Å²) in [6.45, 7) is 11.7. The number of anilines is 1. The van der Waals surface area contributed by atoms with Gasteiger partial charge in [-0.1, -0.05) is 6.07 Å². The number of nitrogens with zero attached hydrogens (tertiary/aromatic N) is 3. The van der Waals surface area contributed by atoms with E-state index in [0.29, 0.717) is 11.7 Å². The summed E-state index contributed by atoms with van der Waals surface area (Å²) in [5, 5.41) is 0. The number of likely N-dealkylation sites (tertiary alicyclic amines) is 1.